The zero-order chi connectivity index (χ0) is 13.4. The minimum Gasteiger partial charge on any atom is -0.395 e. The van der Waals surface area contributed by atoms with E-state index in [-0.39, 0.29) is 24.2 Å². The molecular formula is C11H20N2O4S. The fourth-order valence-electron chi connectivity index (χ4n) is 1.51. The number of morpholine rings is 1. The van der Waals surface area contributed by atoms with Crippen LogP contribution in [-0.4, -0.2) is 84.7 Å². The predicted molar refractivity (Wildman–Crippen MR) is 69.4 cm³/mol. The number of carbonyl (C=O) groups excluding carboxylic acids is 2. The van der Waals surface area contributed by atoms with Crippen LogP contribution in [0.4, 0.5) is 0 Å². The number of hydrogen-bond acceptors (Lipinski definition) is 5. The molecule has 6 nitrogen and oxygen atoms in total. The molecule has 0 aromatic carbocycles. The van der Waals surface area contributed by atoms with Gasteiger partial charge in [-0.25, -0.2) is 0 Å². The van der Waals surface area contributed by atoms with Gasteiger partial charge >= 0.3 is 0 Å². The highest BCUT2D eigenvalue weighted by Crippen LogP contribution is 2.06. The standard InChI is InChI=1S/C11H20N2O4S/c1-12(2-5-14)10(15)8-18-9-11(16)13-3-6-17-7-4-13/h14H,2-9H2,1H3. The molecule has 0 aromatic rings. The first-order chi connectivity index (χ1) is 8.65. The van der Waals surface area contributed by atoms with Crippen molar-refractivity contribution in [3.05, 3.63) is 0 Å². The summed E-state index contributed by atoms with van der Waals surface area (Å²) in [6.07, 6.45) is 0. The molecule has 0 saturated carbocycles. The van der Waals surface area contributed by atoms with Crippen LogP contribution in [-0.2, 0) is 14.3 Å². The Kier molecular flexibility index (Phi) is 7.07. The molecule has 1 aliphatic heterocycles. The van der Waals surface area contributed by atoms with Crippen molar-refractivity contribution >= 4 is 23.6 Å². The van der Waals surface area contributed by atoms with Crippen molar-refractivity contribution in [2.75, 3.05) is 58.0 Å². The van der Waals surface area contributed by atoms with E-state index in [1.807, 2.05) is 0 Å². The number of aliphatic hydroxyl groups is 1. The molecule has 0 unspecified atom stereocenters. The summed E-state index contributed by atoms with van der Waals surface area (Å²) in [5.41, 5.74) is 0. The SMILES string of the molecule is CN(CCO)C(=O)CSCC(=O)N1CCOCC1. The van der Waals surface area contributed by atoms with Gasteiger partial charge < -0.3 is 19.6 Å². The van der Waals surface area contributed by atoms with Gasteiger partial charge in [-0.05, 0) is 0 Å². The molecule has 1 aliphatic rings. The molecule has 0 radical (unpaired) electrons. The van der Waals surface area contributed by atoms with Gasteiger partial charge in [0.05, 0.1) is 31.3 Å². The molecule has 1 rings (SSSR count). The Morgan fingerprint density at radius 2 is 2.00 bits per heavy atom. The maximum atomic E-state index is 11.8. The van der Waals surface area contributed by atoms with Crippen molar-refractivity contribution in [2.45, 2.75) is 0 Å². The van der Waals surface area contributed by atoms with Crippen LogP contribution < -0.4 is 0 Å². The number of carbonyl (C=O) groups is 2. The fourth-order valence-corrected chi connectivity index (χ4v) is 2.37. The number of ether oxygens (including phenoxy) is 1. The molecule has 1 N–H and O–H groups in total. The average molecular weight is 276 g/mol. The smallest absolute Gasteiger partial charge is 0.232 e. The van der Waals surface area contributed by atoms with Gasteiger partial charge in [0.25, 0.3) is 0 Å². The first-order valence-corrected chi connectivity index (χ1v) is 7.08. The zero-order valence-corrected chi connectivity index (χ0v) is 11.4. The van der Waals surface area contributed by atoms with E-state index in [0.29, 0.717) is 38.6 Å². The van der Waals surface area contributed by atoms with E-state index in [0.717, 1.165) is 0 Å². The molecule has 7 heteroatoms. The maximum absolute atomic E-state index is 11.8. The molecule has 0 aromatic heterocycles. The minimum atomic E-state index is -0.0659. The predicted octanol–water partition coefficient (Wildman–Crippen LogP) is -0.971. The summed E-state index contributed by atoms with van der Waals surface area (Å²) in [6, 6.07) is 0. The minimum absolute atomic E-state index is 0.0420. The number of nitrogens with zero attached hydrogens (tertiary/aromatic N) is 2. The highest BCUT2D eigenvalue weighted by molar-refractivity contribution is 8.00. The summed E-state index contributed by atoms with van der Waals surface area (Å²) in [5.74, 6) is 0.579. The van der Waals surface area contributed by atoms with Gasteiger partial charge in [-0.3, -0.25) is 9.59 Å². The fraction of sp³-hybridized carbons (Fsp3) is 0.818. The van der Waals surface area contributed by atoms with Crippen LogP contribution in [0.25, 0.3) is 0 Å². The third-order valence-corrected chi connectivity index (χ3v) is 3.58. The van der Waals surface area contributed by atoms with Gasteiger partial charge in [0.2, 0.25) is 11.8 Å². The van der Waals surface area contributed by atoms with Crippen molar-refractivity contribution in [1.29, 1.82) is 0 Å². The van der Waals surface area contributed by atoms with Crippen LogP contribution in [0.2, 0.25) is 0 Å². The van der Waals surface area contributed by atoms with Crippen LogP contribution >= 0.6 is 11.8 Å². The third kappa shape index (κ3) is 5.24. The van der Waals surface area contributed by atoms with Crippen LogP contribution in [0, 0.1) is 0 Å². The zero-order valence-electron chi connectivity index (χ0n) is 10.6. The summed E-state index contributed by atoms with van der Waals surface area (Å²) < 4.78 is 5.17. The molecule has 0 spiro atoms. The van der Waals surface area contributed by atoms with Crippen LogP contribution in [0.15, 0.2) is 0 Å². The molecule has 1 fully saturated rings. The second-order valence-corrected chi connectivity index (χ2v) is 5.01. The monoisotopic (exact) mass is 276 g/mol. The Morgan fingerprint density at radius 3 is 2.61 bits per heavy atom. The van der Waals surface area contributed by atoms with Crippen molar-refractivity contribution in [1.82, 2.24) is 9.80 Å². The lowest BCUT2D eigenvalue weighted by Crippen LogP contribution is -2.41. The number of thioether (sulfide) groups is 1. The van der Waals surface area contributed by atoms with E-state index >= 15 is 0 Å². The van der Waals surface area contributed by atoms with Crippen LogP contribution in [0.1, 0.15) is 0 Å². The largest absolute Gasteiger partial charge is 0.395 e. The summed E-state index contributed by atoms with van der Waals surface area (Å²) in [7, 11) is 1.64. The van der Waals surface area contributed by atoms with Gasteiger partial charge in [-0.2, -0.15) is 0 Å². The maximum Gasteiger partial charge on any atom is 0.232 e. The molecule has 0 aliphatic carbocycles. The number of likely N-dealkylation sites (N-methyl/N-ethyl adjacent to an activating group) is 1. The molecule has 18 heavy (non-hydrogen) atoms. The lowest BCUT2D eigenvalue weighted by Gasteiger charge is -2.26. The lowest BCUT2D eigenvalue weighted by molar-refractivity contribution is -0.132. The van der Waals surface area contributed by atoms with Gasteiger partial charge in [0.15, 0.2) is 0 Å². The van der Waals surface area contributed by atoms with E-state index in [1.165, 1.54) is 16.7 Å². The molecule has 104 valence electrons. The van der Waals surface area contributed by atoms with Crippen LogP contribution in [0.5, 0.6) is 0 Å². The number of hydrogen-bond donors (Lipinski definition) is 1. The second kappa shape index (κ2) is 8.34. The summed E-state index contributed by atoms with van der Waals surface area (Å²) in [5, 5.41) is 8.70. The number of amides is 2. The highest BCUT2D eigenvalue weighted by atomic mass is 32.2. The van der Waals surface area contributed by atoms with E-state index in [2.05, 4.69) is 0 Å². The molecule has 1 saturated heterocycles. The van der Waals surface area contributed by atoms with Crippen LogP contribution in [0.3, 0.4) is 0 Å². The van der Waals surface area contributed by atoms with E-state index in [9.17, 15) is 9.59 Å². The van der Waals surface area contributed by atoms with Crippen molar-refractivity contribution in [3.8, 4) is 0 Å². The summed E-state index contributed by atoms with van der Waals surface area (Å²) in [4.78, 5) is 26.5. The van der Waals surface area contributed by atoms with Crippen molar-refractivity contribution in [3.63, 3.8) is 0 Å². The summed E-state index contributed by atoms with van der Waals surface area (Å²) in [6.45, 7) is 2.75. The Bertz CT molecular complexity index is 282. The highest BCUT2D eigenvalue weighted by Gasteiger charge is 2.17. The normalized spacial score (nSPS) is 15.6. The molecule has 1 heterocycles. The van der Waals surface area contributed by atoms with Gasteiger partial charge in [-0.15, -0.1) is 11.8 Å². The van der Waals surface area contributed by atoms with Gasteiger partial charge in [-0.1, -0.05) is 0 Å². The van der Waals surface area contributed by atoms with E-state index in [4.69, 9.17) is 9.84 Å². The van der Waals surface area contributed by atoms with Gasteiger partial charge in [0.1, 0.15) is 0 Å². The number of rotatable bonds is 6. The Labute approximate surface area is 111 Å². The Hall–Kier alpha value is -0.790. The average Bonchev–Trinajstić information content (AvgIpc) is 2.39. The summed E-state index contributed by atoms with van der Waals surface area (Å²) >= 11 is 1.31. The van der Waals surface area contributed by atoms with Crippen molar-refractivity contribution < 1.29 is 19.4 Å². The molecular weight excluding hydrogens is 256 g/mol. The molecule has 0 atom stereocenters. The Balaban J connectivity index is 2.16. The van der Waals surface area contributed by atoms with Crippen molar-refractivity contribution in [2.24, 2.45) is 0 Å². The van der Waals surface area contributed by atoms with E-state index in [1.54, 1.807) is 11.9 Å². The first kappa shape index (κ1) is 15.3. The molecule has 2 amide bonds. The third-order valence-electron chi connectivity index (χ3n) is 2.68. The number of aliphatic hydroxyl groups excluding tert-OH is 1. The first-order valence-electron chi connectivity index (χ1n) is 5.93. The molecule has 0 bridgehead atoms. The van der Waals surface area contributed by atoms with E-state index < -0.39 is 0 Å². The lowest BCUT2D eigenvalue weighted by atomic mass is 10.4. The topological polar surface area (TPSA) is 70.1 Å². The van der Waals surface area contributed by atoms with Gasteiger partial charge in [0, 0.05) is 26.7 Å². The quantitative estimate of drug-likeness (QED) is 0.676. The Morgan fingerprint density at radius 1 is 1.33 bits per heavy atom. The second-order valence-electron chi connectivity index (χ2n) is 4.02.